The summed E-state index contributed by atoms with van der Waals surface area (Å²) < 4.78 is 5.59. The standard InChI is InChI=1S/C28H28N2O5/c1-2-19(16-26(31)29-20-9-7-8-18(14-20)15-27(32)33)30-28(34)35-17-25-23-12-5-3-10-21(23)22-11-4-6-13-24(22)25/h3-14,19,25H,2,15-17H2,1H3,(H,29,31)(H,30,34)(H,32,33)/t19-/m0/s1. The molecule has 0 saturated heterocycles. The Bertz CT molecular complexity index is 1190. The number of alkyl carbamates (subject to hydrolysis) is 1. The van der Waals surface area contributed by atoms with Crippen LogP contribution >= 0.6 is 0 Å². The number of ether oxygens (including phenoxy) is 1. The molecule has 3 aromatic rings. The molecule has 4 rings (SSSR count). The summed E-state index contributed by atoms with van der Waals surface area (Å²) in [6.45, 7) is 2.09. The van der Waals surface area contributed by atoms with Crippen molar-refractivity contribution >= 4 is 23.7 Å². The molecule has 3 N–H and O–H groups in total. The van der Waals surface area contributed by atoms with Crippen LogP contribution < -0.4 is 10.6 Å². The van der Waals surface area contributed by atoms with Gasteiger partial charge in [0.25, 0.3) is 0 Å². The zero-order valence-electron chi connectivity index (χ0n) is 19.5. The van der Waals surface area contributed by atoms with Crippen LogP contribution in [-0.4, -0.2) is 35.7 Å². The molecule has 1 atom stereocenters. The molecule has 7 nitrogen and oxygen atoms in total. The molecule has 7 heteroatoms. The topological polar surface area (TPSA) is 105 Å². The number of rotatable bonds is 9. The van der Waals surface area contributed by atoms with E-state index in [1.807, 2.05) is 31.2 Å². The number of carboxylic acid groups (broad SMARTS) is 1. The van der Waals surface area contributed by atoms with Crippen LogP contribution in [0.15, 0.2) is 72.8 Å². The smallest absolute Gasteiger partial charge is 0.407 e. The highest BCUT2D eigenvalue weighted by Crippen LogP contribution is 2.44. The Labute approximate surface area is 204 Å². The third-order valence-corrected chi connectivity index (χ3v) is 6.16. The average Bonchev–Trinajstić information content (AvgIpc) is 3.16. The second kappa shape index (κ2) is 10.9. The summed E-state index contributed by atoms with van der Waals surface area (Å²) in [6.07, 6.45) is -0.0551. The van der Waals surface area contributed by atoms with Gasteiger partial charge in [0.15, 0.2) is 0 Å². The van der Waals surface area contributed by atoms with E-state index < -0.39 is 18.1 Å². The Morgan fingerprint density at radius 3 is 2.23 bits per heavy atom. The highest BCUT2D eigenvalue weighted by molar-refractivity contribution is 5.91. The Kier molecular flexibility index (Phi) is 7.45. The highest BCUT2D eigenvalue weighted by atomic mass is 16.5. The number of nitrogens with one attached hydrogen (secondary N) is 2. The van der Waals surface area contributed by atoms with Gasteiger partial charge >= 0.3 is 12.1 Å². The van der Waals surface area contributed by atoms with Crippen molar-refractivity contribution in [2.75, 3.05) is 11.9 Å². The van der Waals surface area contributed by atoms with Crippen molar-refractivity contribution in [1.82, 2.24) is 5.32 Å². The number of hydrogen-bond donors (Lipinski definition) is 3. The fraction of sp³-hybridized carbons (Fsp3) is 0.250. The fourth-order valence-corrected chi connectivity index (χ4v) is 4.47. The van der Waals surface area contributed by atoms with E-state index >= 15 is 0 Å². The first-order chi connectivity index (χ1) is 16.9. The number of aliphatic carboxylic acids is 1. The highest BCUT2D eigenvalue weighted by Gasteiger charge is 2.29. The predicted octanol–water partition coefficient (Wildman–Crippen LogP) is 4.96. The van der Waals surface area contributed by atoms with E-state index in [4.69, 9.17) is 9.84 Å². The first-order valence-corrected chi connectivity index (χ1v) is 11.7. The van der Waals surface area contributed by atoms with E-state index in [-0.39, 0.29) is 31.3 Å². The normalized spacial score (nSPS) is 12.8. The first kappa shape index (κ1) is 24.0. The molecule has 0 spiro atoms. The minimum absolute atomic E-state index is 0.0328. The number of carbonyl (C=O) groups is 3. The number of anilines is 1. The number of benzene rings is 3. The van der Waals surface area contributed by atoms with Crippen molar-refractivity contribution in [1.29, 1.82) is 0 Å². The molecule has 1 aliphatic carbocycles. The summed E-state index contributed by atoms with van der Waals surface area (Å²) in [5.41, 5.74) is 5.71. The predicted molar refractivity (Wildman–Crippen MR) is 133 cm³/mol. The minimum Gasteiger partial charge on any atom is -0.481 e. The maximum Gasteiger partial charge on any atom is 0.407 e. The summed E-state index contributed by atoms with van der Waals surface area (Å²) in [7, 11) is 0. The molecular weight excluding hydrogens is 444 g/mol. The lowest BCUT2D eigenvalue weighted by atomic mass is 9.98. The SMILES string of the molecule is CC[C@@H](CC(=O)Nc1cccc(CC(=O)O)c1)NC(=O)OCC1c2ccccc2-c2ccccc21. The Morgan fingerprint density at radius 2 is 1.60 bits per heavy atom. The molecule has 2 amide bonds. The Morgan fingerprint density at radius 1 is 0.943 bits per heavy atom. The number of fused-ring (bicyclic) bond motifs is 3. The van der Waals surface area contributed by atoms with E-state index in [9.17, 15) is 14.4 Å². The van der Waals surface area contributed by atoms with E-state index in [1.165, 1.54) is 0 Å². The summed E-state index contributed by atoms with van der Waals surface area (Å²) >= 11 is 0. The van der Waals surface area contributed by atoms with Crippen LogP contribution in [0.4, 0.5) is 10.5 Å². The van der Waals surface area contributed by atoms with Crippen LogP contribution in [0.2, 0.25) is 0 Å². The van der Waals surface area contributed by atoms with Crippen molar-refractivity contribution in [3.05, 3.63) is 89.5 Å². The third kappa shape index (κ3) is 5.87. The lowest BCUT2D eigenvalue weighted by Gasteiger charge is -2.19. The molecular formula is C28H28N2O5. The molecule has 3 aromatic carbocycles. The van der Waals surface area contributed by atoms with Gasteiger partial charge in [-0.25, -0.2) is 4.79 Å². The van der Waals surface area contributed by atoms with E-state index in [2.05, 4.69) is 34.9 Å². The van der Waals surface area contributed by atoms with E-state index in [0.29, 0.717) is 17.7 Å². The lowest BCUT2D eigenvalue weighted by molar-refractivity contribution is -0.136. The van der Waals surface area contributed by atoms with Gasteiger partial charge in [-0.05, 0) is 46.4 Å². The fourth-order valence-electron chi connectivity index (χ4n) is 4.47. The van der Waals surface area contributed by atoms with Crippen molar-refractivity contribution in [3.63, 3.8) is 0 Å². The molecule has 0 heterocycles. The third-order valence-electron chi connectivity index (χ3n) is 6.16. The number of carboxylic acids is 1. The molecule has 0 aliphatic heterocycles. The maximum atomic E-state index is 12.6. The van der Waals surface area contributed by atoms with Crippen LogP contribution in [0.3, 0.4) is 0 Å². The summed E-state index contributed by atoms with van der Waals surface area (Å²) in [4.78, 5) is 36.0. The molecule has 0 aromatic heterocycles. The number of hydrogen-bond acceptors (Lipinski definition) is 4. The van der Waals surface area contributed by atoms with Crippen molar-refractivity contribution in [2.24, 2.45) is 0 Å². The molecule has 180 valence electrons. The number of amides is 2. The largest absolute Gasteiger partial charge is 0.481 e. The number of carbonyl (C=O) groups excluding carboxylic acids is 2. The van der Waals surface area contributed by atoms with Crippen molar-refractivity contribution in [2.45, 2.75) is 38.1 Å². The van der Waals surface area contributed by atoms with Gasteiger partial charge in [0.2, 0.25) is 5.91 Å². The second-order valence-electron chi connectivity index (χ2n) is 8.60. The van der Waals surface area contributed by atoms with Crippen LogP contribution in [0.5, 0.6) is 0 Å². The monoisotopic (exact) mass is 472 g/mol. The van der Waals surface area contributed by atoms with E-state index in [1.54, 1.807) is 24.3 Å². The molecule has 35 heavy (non-hydrogen) atoms. The van der Waals surface area contributed by atoms with Crippen molar-refractivity contribution in [3.8, 4) is 11.1 Å². The maximum absolute atomic E-state index is 12.6. The van der Waals surface area contributed by atoms with Crippen LogP contribution in [-0.2, 0) is 20.7 Å². The van der Waals surface area contributed by atoms with Crippen LogP contribution in [0.25, 0.3) is 11.1 Å². The molecule has 0 radical (unpaired) electrons. The van der Waals surface area contributed by atoms with Gasteiger partial charge in [0.05, 0.1) is 6.42 Å². The van der Waals surface area contributed by atoms with Gasteiger partial charge in [0.1, 0.15) is 6.61 Å². The van der Waals surface area contributed by atoms with Gasteiger partial charge in [-0.2, -0.15) is 0 Å². The first-order valence-electron chi connectivity index (χ1n) is 11.7. The van der Waals surface area contributed by atoms with Gasteiger partial charge in [-0.1, -0.05) is 67.6 Å². The Balaban J connectivity index is 1.31. The van der Waals surface area contributed by atoms with Gasteiger partial charge < -0.3 is 20.5 Å². The summed E-state index contributed by atoms with van der Waals surface area (Å²) in [5, 5.41) is 14.5. The molecule has 0 bridgehead atoms. The van der Waals surface area contributed by atoms with Gasteiger partial charge in [0, 0.05) is 24.1 Å². The molecule has 1 aliphatic rings. The zero-order chi connectivity index (χ0) is 24.8. The average molecular weight is 473 g/mol. The second-order valence-corrected chi connectivity index (χ2v) is 8.60. The molecule has 0 unspecified atom stereocenters. The quantitative estimate of drug-likeness (QED) is 0.408. The summed E-state index contributed by atoms with van der Waals surface area (Å²) in [6, 6.07) is 22.6. The van der Waals surface area contributed by atoms with Gasteiger partial charge in [-0.15, -0.1) is 0 Å². The zero-order valence-corrected chi connectivity index (χ0v) is 19.5. The van der Waals surface area contributed by atoms with Gasteiger partial charge in [-0.3, -0.25) is 9.59 Å². The molecule has 0 saturated carbocycles. The van der Waals surface area contributed by atoms with Crippen LogP contribution in [0.1, 0.15) is 42.4 Å². The summed E-state index contributed by atoms with van der Waals surface area (Å²) in [5.74, 6) is -1.25. The lowest BCUT2D eigenvalue weighted by Crippen LogP contribution is -2.38. The molecule has 0 fully saturated rings. The van der Waals surface area contributed by atoms with Crippen molar-refractivity contribution < 1.29 is 24.2 Å². The van der Waals surface area contributed by atoms with E-state index in [0.717, 1.165) is 22.3 Å². The van der Waals surface area contributed by atoms with Crippen LogP contribution in [0, 0.1) is 0 Å². The minimum atomic E-state index is -0.938. The Hall–Kier alpha value is -4.13.